The summed E-state index contributed by atoms with van der Waals surface area (Å²) in [5.74, 6) is 0.381. The number of nitrogens with zero attached hydrogens (tertiary/aromatic N) is 1. The van der Waals surface area contributed by atoms with Crippen LogP contribution in [0.3, 0.4) is 0 Å². The molecule has 1 aliphatic heterocycles. The second-order valence-electron chi connectivity index (χ2n) is 5.24. The van der Waals surface area contributed by atoms with Crippen LogP contribution >= 0.6 is 0 Å². The summed E-state index contributed by atoms with van der Waals surface area (Å²) >= 11 is 0. The third-order valence-corrected chi connectivity index (χ3v) is 2.55. The molecule has 0 radical (unpaired) electrons. The molecule has 86 valence electrons. The fourth-order valence-electron chi connectivity index (χ4n) is 1.57. The summed E-state index contributed by atoms with van der Waals surface area (Å²) < 4.78 is 5.32. The first kappa shape index (κ1) is 12.1. The van der Waals surface area contributed by atoms with E-state index in [2.05, 4.69) is 13.5 Å². The molecule has 0 aliphatic carbocycles. The molecule has 0 N–H and O–H groups in total. The molecule has 3 nitrogen and oxygen atoms in total. The van der Waals surface area contributed by atoms with Crippen molar-refractivity contribution in [2.75, 3.05) is 13.1 Å². The first-order valence-corrected chi connectivity index (χ1v) is 5.45. The Balaban J connectivity index is 2.51. The minimum Gasteiger partial charge on any atom is -0.444 e. The highest BCUT2D eigenvalue weighted by atomic mass is 16.6. The van der Waals surface area contributed by atoms with Gasteiger partial charge in [-0.15, -0.1) is 0 Å². The number of hydrogen-bond donors (Lipinski definition) is 0. The van der Waals surface area contributed by atoms with Crippen molar-refractivity contribution in [1.29, 1.82) is 0 Å². The molecule has 0 aromatic heterocycles. The largest absolute Gasteiger partial charge is 0.444 e. The maximum absolute atomic E-state index is 11.7. The average Bonchev–Trinajstić information content (AvgIpc) is 2.06. The van der Waals surface area contributed by atoms with Gasteiger partial charge in [0.2, 0.25) is 0 Å². The number of amides is 1. The average molecular weight is 211 g/mol. The van der Waals surface area contributed by atoms with E-state index in [0.717, 1.165) is 19.5 Å². The van der Waals surface area contributed by atoms with Crippen LogP contribution in [0.15, 0.2) is 12.2 Å². The van der Waals surface area contributed by atoms with Crippen LogP contribution < -0.4 is 0 Å². The van der Waals surface area contributed by atoms with Crippen molar-refractivity contribution in [1.82, 2.24) is 4.90 Å². The molecule has 0 spiro atoms. The highest BCUT2D eigenvalue weighted by Gasteiger charge is 2.27. The molecule has 3 heteroatoms. The lowest BCUT2D eigenvalue weighted by Gasteiger charge is -2.33. The van der Waals surface area contributed by atoms with Gasteiger partial charge in [0.05, 0.1) is 0 Å². The number of hydrogen-bond acceptors (Lipinski definition) is 2. The first-order valence-electron chi connectivity index (χ1n) is 5.45. The standard InChI is InChI=1S/C12H21NO2/c1-9-6-7-13(8-10(9)2)11(14)15-12(3,4)5/h10H,1,6-8H2,2-5H3. The maximum atomic E-state index is 11.7. The van der Waals surface area contributed by atoms with Gasteiger partial charge >= 0.3 is 6.09 Å². The van der Waals surface area contributed by atoms with Gasteiger partial charge in [0.1, 0.15) is 5.60 Å². The van der Waals surface area contributed by atoms with Crippen molar-refractivity contribution in [2.45, 2.75) is 39.7 Å². The Morgan fingerprint density at radius 2 is 2.13 bits per heavy atom. The predicted molar refractivity (Wildman–Crippen MR) is 60.7 cm³/mol. The summed E-state index contributed by atoms with van der Waals surface area (Å²) in [5.41, 5.74) is 0.823. The molecule has 1 rings (SSSR count). The zero-order chi connectivity index (χ0) is 11.6. The molecular weight excluding hydrogens is 190 g/mol. The van der Waals surface area contributed by atoms with E-state index in [1.54, 1.807) is 4.90 Å². The Hall–Kier alpha value is -0.990. The fraction of sp³-hybridized carbons (Fsp3) is 0.750. The normalized spacial score (nSPS) is 22.8. The number of likely N-dealkylation sites (tertiary alicyclic amines) is 1. The van der Waals surface area contributed by atoms with E-state index in [0.29, 0.717) is 5.92 Å². The third kappa shape index (κ3) is 3.57. The van der Waals surface area contributed by atoms with Gasteiger partial charge in [0, 0.05) is 13.1 Å². The Bertz CT molecular complexity index is 265. The van der Waals surface area contributed by atoms with Crippen molar-refractivity contribution in [3.8, 4) is 0 Å². The van der Waals surface area contributed by atoms with Crippen LogP contribution in [0.2, 0.25) is 0 Å². The summed E-state index contributed by atoms with van der Waals surface area (Å²) in [6.07, 6.45) is 0.683. The van der Waals surface area contributed by atoms with Gasteiger partial charge in [-0.3, -0.25) is 0 Å². The van der Waals surface area contributed by atoms with Gasteiger partial charge in [0.25, 0.3) is 0 Å². The summed E-state index contributed by atoms with van der Waals surface area (Å²) in [7, 11) is 0. The second kappa shape index (κ2) is 4.25. The molecular formula is C12H21NO2. The molecule has 1 amide bonds. The molecule has 1 atom stereocenters. The van der Waals surface area contributed by atoms with Crippen LogP contribution in [0.1, 0.15) is 34.1 Å². The van der Waals surface area contributed by atoms with Crippen LogP contribution in [0.5, 0.6) is 0 Å². The minimum atomic E-state index is -0.408. The van der Waals surface area contributed by atoms with E-state index in [1.165, 1.54) is 5.57 Å². The minimum absolute atomic E-state index is 0.207. The zero-order valence-corrected chi connectivity index (χ0v) is 10.2. The number of piperidine rings is 1. The van der Waals surface area contributed by atoms with E-state index >= 15 is 0 Å². The number of rotatable bonds is 0. The quantitative estimate of drug-likeness (QED) is 0.577. The predicted octanol–water partition coefficient (Wildman–Crippen LogP) is 2.82. The van der Waals surface area contributed by atoms with Crippen LogP contribution in [0.4, 0.5) is 4.79 Å². The van der Waals surface area contributed by atoms with E-state index in [1.807, 2.05) is 20.8 Å². The third-order valence-electron chi connectivity index (χ3n) is 2.55. The van der Waals surface area contributed by atoms with E-state index in [9.17, 15) is 4.79 Å². The van der Waals surface area contributed by atoms with Crippen LogP contribution in [0, 0.1) is 5.92 Å². The van der Waals surface area contributed by atoms with Crippen LogP contribution in [-0.2, 0) is 4.74 Å². The Morgan fingerprint density at radius 1 is 1.53 bits per heavy atom. The first-order chi connectivity index (χ1) is 6.79. The molecule has 0 bridgehead atoms. The summed E-state index contributed by atoms with van der Waals surface area (Å²) in [4.78, 5) is 13.5. The van der Waals surface area contributed by atoms with E-state index in [4.69, 9.17) is 4.74 Å². The molecule has 0 aromatic rings. The van der Waals surface area contributed by atoms with E-state index in [-0.39, 0.29) is 6.09 Å². The Kier molecular flexibility index (Phi) is 3.42. The molecule has 1 aliphatic rings. The molecule has 0 saturated carbocycles. The molecule has 1 saturated heterocycles. The SMILES string of the molecule is C=C1CCN(C(=O)OC(C)(C)C)CC1C. The van der Waals surface area contributed by atoms with Gasteiger partial charge in [0.15, 0.2) is 0 Å². The summed E-state index contributed by atoms with van der Waals surface area (Å²) in [6.45, 7) is 13.2. The van der Waals surface area contributed by atoms with Gasteiger partial charge in [-0.05, 0) is 33.1 Å². The zero-order valence-electron chi connectivity index (χ0n) is 10.2. The number of carbonyl (C=O) groups excluding carboxylic acids is 1. The topological polar surface area (TPSA) is 29.5 Å². The number of ether oxygens (including phenoxy) is 1. The lowest BCUT2D eigenvalue weighted by atomic mass is 9.95. The second-order valence-corrected chi connectivity index (χ2v) is 5.24. The fourth-order valence-corrected chi connectivity index (χ4v) is 1.57. The van der Waals surface area contributed by atoms with Gasteiger partial charge in [-0.2, -0.15) is 0 Å². The smallest absolute Gasteiger partial charge is 0.410 e. The van der Waals surface area contributed by atoms with Crippen LogP contribution in [-0.4, -0.2) is 29.7 Å². The van der Waals surface area contributed by atoms with Crippen molar-refractivity contribution >= 4 is 6.09 Å². The van der Waals surface area contributed by atoms with Crippen molar-refractivity contribution in [3.63, 3.8) is 0 Å². The van der Waals surface area contributed by atoms with Crippen LogP contribution in [0.25, 0.3) is 0 Å². The Morgan fingerprint density at radius 3 is 2.60 bits per heavy atom. The summed E-state index contributed by atoms with van der Waals surface area (Å²) in [5, 5.41) is 0. The lowest BCUT2D eigenvalue weighted by Crippen LogP contribution is -2.42. The molecule has 1 unspecified atom stereocenters. The number of carbonyl (C=O) groups is 1. The highest BCUT2D eigenvalue weighted by molar-refractivity contribution is 5.68. The Labute approximate surface area is 92.1 Å². The molecule has 1 fully saturated rings. The monoisotopic (exact) mass is 211 g/mol. The molecule has 15 heavy (non-hydrogen) atoms. The van der Waals surface area contributed by atoms with Crippen molar-refractivity contribution in [3.05, 3.63) is 12.2 Å². The lowest BCUT2D eigenvalue weighted by molar-refractivity contribution is 0.0208. The highest BCUT2D eigenvalue weighted by Crippen LogP contribution is 2.22. The van der Waals surface area contributed by atoms with Gasteiger partial charge in [-0.1, -0.05) is 19.1 Å². The molecule has 0 aromatic carbocycles. The van der Waals surface area contributed by atoms with Gasteiger partial charge < -0.3 is 9.64 Å². The van der Waals surface area contributed by atoms with E-state index < -0.39 is 5.60 Å². The maximum Gasteiger partial charge on any atom is 0.410 e. The van der Waals surface area contributed by atoms with Crippen molar-refractivity contribution < 1.29 is 9.53 Å². The van der Waals surface area contributed by atoms with Gasteiger partial charge in [-0.25, -0.2) is 4.79 Å². The summed E-state index contributed by atoms with van der Waals surface area (Å²) in [6, 6.07) is 0. The molecule has 1 heterocycles. The van der Waals surface area contributed by atoms with Crippen molar-refractivity contribution in [2.24, 2.45) is 5.92 Å².